The third-order valence-electron chi connectivity index (χ3n) is 5.05. The fourth-order valence-electron chi connectivity index (χ4n) is 3.55. The molecule has 4 aromatic rings. The highest BCUT2D eigenvalue weighted by Gasteiger charge is 2.35. The summed E-state index contributed by atoms with van der Waals surface area (Å²) < 4.78 is 56.6. The summed E-state index contributed by atoms with van der Waals surface area (Å²) in [4.78, 5) is 4.34. The number of nitrogens with zero attached hydrogens (tertiary/aromatic N) is 3. The molecular weight excluding hydrogens is 513 g/mol. The van der Waals surface area contributed by atoms with Crippen LogP contribution in [0.1, 0.15) is 11.1 Å². The largest absolute Gasteiger partial charge is 0.417 e. The summed E-state index contributed by atoms with van der Waals surface area (Å²) in [5, 5.41) is 4.04. The van der Waals surface area contributed by atoms with Crippen LogP contribution in [0.15, 0.2) is 48.5 Å². The lowest BCUT2D eigenvalue weighted by Crippen LogP contribution is -2.08. The van der Waals surface area contributed by atoms with Gasteiger partial charge in [0.15, 0.2) is 11.6 Å². The van der Waals surface area contributed by atoms with Crippen molar-refractivity contribution in [1.29, 1.82) is 0 Å². The van der Waals surface area contributed by atoms with Gasteiger partial charge >= 0.3 is 6.18 Å². The van der Waals surface area contributed by atoms with Crippen LogP contribution < -0.4 is 0 Å². The number of halogens is 7. The van der Waals surface area contributed by atoms with Gasteiger partial charge in [-0.15, -0.1) is 6.42 Å². The second-order valence-corrected chi connectivity index (χ2v) is 8.30. The van der Waals surface area contributed by atoms with Crippen molar-refractivity contribution < 1.29 is 17.6 Å². The Hall–Kier alpha value is -3.05. The van der Waals surface area contributed by atoms with E-state index in [-0.39, 0.29) is 54.5 Å². The van der Waals surface area contributed by atoms with Gasteiger partial charge in [-0.1, -0.05) is 65.0 Å². The zero-order chi connectivity index (χ0) is 24.8. The Labute approximate surface area is 206 Å². The molecule has 3 nitrogen and oxygen atoms in total. The highest BCUT2D eigenvalue weighted by Crippen LogP contribution is 2.46. The van der Waals surface area contributed by atoms with Crippen LogP contribution in [-0.4, -0.2) is 14.8 Å². The van der Waals surface area contributed by atoms with E-state index in [1.54, 1.807) is 0 Å². The summed E-state index contributed by atoms with van der Waals surface area (Å²) in [6, 6.07) is 10.4. The number of aryl methyl sites for hydroxylation is 1. The molecule has 0 aliphatic rings. The molecule has 4 rings (SSSR count). The summed E-state index contributed by atoms with van der Waals surface area (Å²) in [6.07, 6.45) is 1.000. The van der Waals surface area contributed by atoms with Crippen molar-refractivity contribution in [2.45, 2.75) is 6.18 Å². The van der Waals surface area contributed by atoms with Crippen LogP contribution in [0.25, 0.3) is 33.9 Å². The molecule has 10 heteroatoms. The molecule has 0 radical (unpaired) electrons. The molecule has 34 heavy (non-hydrogen) atoms. The van der Waals surface area contributed by atoms with Crippen molar-refractivity contribution in [3.8, 4) is 46.2 Å². The third kappa shape index (κ3) is 4.14. The molecule has 1 heterocycles. The van der Waals surface area contributed by atoms with Gasteiger partial charge in [0.25, 0.3) is 0 Å². The number of hydrogen-bond donors (Lipinski definition) is 0. The third-order valence-corrected chi connectivity index (χ3v) is 6.24. The van der Waals surface area contributed by atoms with Gasteiger partial charge in [-0.3, -0.25) is 0 Å². The van der Waals surface area contributed by atoms with E-state index in [9.17, 15) is 17.6 Å². The van der Waals surface area contributed by atoms with E-state index >= 15 is 0 Å². The normalized spacial score (nSPS) is 11.5. The first-order valence-corrected chi connectivity index (χ1v) is 10.7. The lowest BCUT2D eigenvalue weighted by Gasteiger charge is -2.17. The molecule has 0 aliphatic heterocycles. The van der Waals surface area contributed by atoms with E-state index < -0.39 is 17.6 Å². The van der Waals surface area contributed by atoms with E-state index in [0.29, 0.717) is 0 Å². The molecule has 0 saturated carbocycles. The highest BCUT2D eigenvalue weighted by molar-refractivity contribution is 6.45. The first kappa shape index (κ1) is 24.1. The lowest BCUT2D eigenvalue weighted by molar-refractivity contribution is -0.137. The Morgan fingerprint density at radius 1 is 0.941 bits per heavy atom. The first-order valence-electron chi connectivity index (χ1n) is 9.55. The molecule has 3 aromatic carbocycles. The average Bonchev–Trinajstić information content (AvgIpc) is 3.15. The molecule has 0 bridgehead atoms. The summed E-state index contributed by atoms with van der Waals surface area (Å²) in [5.74, 6) is 1.90. The lowest BCUT2D eigenvalue weighted by atomic mass is 9.93. The van der Waals surface area contributed by atoms with Gasteiger partial charge in [-0.05, 0) is 29.8 Å². The Bertz CT molecular complexity index is 1450. The Morgan fingerprint density at radius 3 is 2.29 bits per heavy atom. The smallest absolute Gasteiger partial charge is 0.248 e. The Morgan fingerprint density at radius 2 is 1.65 bits per heavy atom. The molecule has 0 atom stereocenters. The summed E-state index contributed by atoms with van der Waals surface area (Å²) in [6.45, 7) is 0. The average molecular weight is 525 g/mol. The SMILES string of the molecule is C#Cc1cc(-c2nc(-c3c(F)cccc3Cl)nn2C)c(Cl)c(Cl)c1-c1ccccc1C(F)(F)F. The van der Waals surface area contributed by atoms with Gasteiger partial charge in [0.2, 0.25) is 0 Å². The van der Waals surface area contributed by atoms with Crippen LogP contribution in [0.2, 0.25) is 15.1 Å². The summed E-state index contributed by atoms with van der Waals surface area (Å²) in [5.41, 5.74) is -0.895. The van der Waals surface area contributed by atoms with E-state index in [4.69, 9.17) is 41.2 Å². The number of rotatable bonds is 3. The molecule has 0 fully saturated rings. The number of alkyl halides is 3. The quantitative estimate of drug-likeness (QED) is 0.201. The van der Waals surface area contributed by atoms with Gasteiger partial charge in [0, 0.05) is 23.7 Å². The van der Waals surface area contributed by atoms with E-state index in [1.165, 1.54) is 54.2 Å². The van der Waals surface area contributed by atoms with E-state index in [2.05, 4.69) is 16.0 Å². The molecule has 0 amide bonds. The minimum atomic E-state index is -4.64. The van der Waals surface area contributed by atoms with Crippen LogP contribution in [0.3, 0.4) is 0 Å². The van der Waals surface area contributed by atoms with Crippen molar-refractivity contribution in [2.24, 2.45) is 7.05 Å². The molecule has 172 valence electrons. The van der Waals surface area contributed by atoms with Crippen LogP contribution >= 0.6 is 34.8 Å². The van der Waals surface area contributed by atoms with E-state index in [0.717, 1.165) is 6.07 Å². The molecule has 0 unspecified atom stereocenters. The molecule has 0 N–H and O–H groups in total. The first-order chi connectivity index (χ1) is 16.0. The Balaban J connectivity index is 1.95. The number of aromatic nitrogens is 3. The van der Waals surface area contributed by atoms with Gasteiger partial charge in [-0.25, -0.2) is 14.1 Å². The zero-order valence-corrected chi connectivity index (χ0v) is 19.5. The standard InChI is InChI=1S/C24H12Cl3F4N3/c1-3-12-11-14(23-32-22(33-34(23)2)19-16(25)9-6-10-17(19)28)20(26)21(27)18(12)13-7-4-5-8-15(13)24(29,30)31/h1,4-11H,2H3. The predicted molar refractivity (Wildman–Crippen MR) is 125 cm³/mol. The predicted octanol–water partition coefficient (Wildman–Crippen LogP) is 7.92. The Kier molecular flexibility index (Phi) is 6.34. The molecule has 0 spiro atoms. The minimum Gasteiger partial charge on any atom is -0.248 e. The van der Waals surface area contributed by atoms with Crippen molar-refractivity contribution in [3.63, 3.8) is 0 Å². The fraction of sp³-hybridized carbons (Fsp3) is 0.0833. The monoisotopic (exact) mass is 523 g/mol. The number of terminal acetylenes is 1. The van der Waals surface area contributed by atoms with Crippen LogP contribution in [0, 0.1) is 18.2 Å². The zero-order valence-electron chi connectivity index (χ0n) is 17.2. The van der Waals surface area contributed by atoms with Crippen molar-refractivity contribution >= 4 is 34.8 Å². The summed E-state index contributed by atoms with van der Waals surface area (Å²) in [7, 11) is 1.53. The van der Waals surface area contributed by atoms with Gasteiger partial charge in [-0.2, -0.15) is 18.3 Å². The van der Waals surface area contributed by atoms with Crippen molar-refractivity contribution in [1.82, 2.24) is 14.8 Å². The van der Waals surface area contributed by atoms with Crippen molar-refractivity contribution in [3.05, 3.63) is 80.5 Å². The van der Waals surface area contributed by atoms with Crippen LogP contribution in [-0.2, 0) is 13.2 Å². The maximum Gasteiger partial charge on any atom is 0.417 e. The minimum absolute atomic E-state index is 0.0125. The number of benzene rings is 3. The molecular formula is C24H12Cl3F4N3. The highest BCUT2D eigenvalue weighted by atomic mass is 35.5. The second kappa shape index (κ2) is 8.95. The van der Waals surface area contributed by atoms with E-state index in [1.807, 2.05) is 0 Å². The number of hydrogen-bond acceptors (Lipinski definition) is 2. The molecule has 0 aliphatic carbocycles. The molecule has 1 aromatic heterocycles. The van der Waals surface area contributed by atoms with Gasteiger partial charge in [0.1, 0.15) is 5.82 Å². The van der Waals surface area contributed by atoms with Crippen LogP contribution in [0.4, 0.5) is 17.6 Å². The maximum atomic E-state index is 14.4. The van der Waals surface area contributed by atoms with Gasteiger partial charge in [0.05, 0.1) is 26.2 Å². The second-order valence-electron chi connectivity index (χ2n) is 7.14. The molecule has 0 saturated heterocycles. The van der Waals surface area contributed by atoms with Crippen LogP contribution in [0.5, 0.6) is 0 Å². The topological polar surface area (TPSA) is 30.7 Å². The van der Waals surface area contributed by atoms with Crippen molar-refractivity contribution in [2.75, 3.05) is 0 Å². The maximum absolute atomic E-state index is 14.4. The fourth-order valence-corrected chi connectivity index (χ4v) is 4.34. The summed E-state index contributed by atoms with van der Waals surface area (Å²) >= 11 is 19.1. The van der Waals surface area contributed by atoms with Gasteiger partial charge < -0.3 is 0 Å².